The van der Waals surface area contributed by atoms with Gasteiger partial charge in [-0.3, -0.25) is 0 Å². The largest absolute Gasteiger partial charge is 0.416 e. The van der Waals surface area contributed by atoms with Crippen LogP contribution in [0.2, 0.25) is 0 Å². The van der Waals surface area contributed by atoms with E-state index in [9.17, 15) is 13.2 Å². The first-order chi connectivity index (χ1) is 6.54. The molecule has 0 heterocycles. The van der Waals surface area contributed by atoms with Gasteiger partial charge in [-0.05, 0) is 31.3 Å². The summed E-state index contributed by atoms with van der Waals surface area (Å²) in [5, 5.41) is 0. The van der Waals surface area contributed by atoms with Crippen molar-refractivity contribution < 1.29 is 13.2 Å². The highest BCUT2D eigenvalue weighted by atomic mass is 32.2. The molecule has 2 nitrogen and oxygen atoms in total. The van der Waals surface area contributed by atoms with Crippen LogP contribution in [0.15, 0.2) is 24.3 Å². The summed E-state index contributed by atoms with van der Waals surface area (Å²) in [6, 6.07) is 4.84. The maximum atomic E-state index is 12.1. The molecule has 0 fully saturated rings. The van der Waals surface area contributed by atoms with E-state index < -0.39 is 11.7 Å². The van der Waals surface area contributed by atoms with Crippen molar-refractivity contribution in [1.29, 1.82) is 0 Å². The Kier molecular flexibility index (Phi) is 3.65. The molecule has 0 aliphatic carbocycles. The van der Waals surface area contributed by atoms with Gasteiger partial charge in [0, 0.05) is 17.8 Å². The van der Waals surface area contributed by atoms with Crippen LogP contribution in [0, 0.1) is 0 Å². The monoisotopic (exact) mass is 222 g/mol. The van der Waals surface area contributed by atoms with Gasteiger partial charge in [0.15, 0.2) is 0 Å². The third-order valence-electron chi connectivity index (χ3n) is 1.48. The molecule has 6 heteroatoms. The summed E-state index contributed by atoms with van der Waals surface area (Å²) in [6.07, 6.45) is -4.27. The zero-order valence-electron chi connectivity index (χ0n) is 7.35. The minimum atomic E-state index is -4.27. The van der Waals surface area contributed by atoms with E-state index in [1.54, 1.807) is 7.05 Å². The van der Waals surface area contributed by atoms with Gasteiger partial charge in [0.1, 0.15) is 0 Å². The quantitative estimate of drug-likeness (QED) is 0.769. The average molecular weight is 222 g/mol. The first-order valence-corrected chi connectivity index (χ1v) is 4.61. The molecule has 0 bridgehead atoms. The molecule has 0 unspecified atom stereocenters. The highest BCUT2D eigenvalue weighted by molar-refractivity contribution is 7.98. The predicted octanol–water partition coefficient (Wildman–Crippen LogP) is 2.90. The van der Waals surface area contributed by atoms with Crippen LogP contribution in [-0.4, -0.2) is 7.05 Å². The summed E-state index contributed by atoms with van der Waals surface area (Å²) in [5.41, 5.74) is -0.0187. The normalized spacial score (nSPS) is 11.4. The highest BCUT2D eigenvalue weighted by Gasteiger charge is 2.29. The van der Waals surface area contributed by atoms with Gasteiger partial charge < -0.3 is 4.72 Å². The van der Waals surface area contributed by atoms with E-state index in [2.05, 4.69) is 9.44 Å². The zero-order chi connectivity index (χ0) is 10.6. The van der Waals surface area contributed by atoms with Gasteiger partial charge in [0.05, 0.1) is 5.56 Å². The third-order valence-corrected chi connectivity index (χ3v) is 2.03. The van der Waals surface area contributed by atoms with E-state index in [4.69, 9.17) is 0 Å². The lowest BCUT2D eigenvalue weighted by Gasteiger charge is -2.08. The van der Waals surface area contributed by atoms with Crippen molar-refractivity contribution in [3.8, 4) is 0 Å². The molecule has 0 aliphatic heterocycles. The average Bonchev–Trinajstić information content (AvgIpc) is 2.14. The highest BCUT2D eigenvalue weighted by Crippen LogP contribution is 2.29. The second-order valence-electron chi connectivity index (χ2n) is 2.48. The number of benzene rings is 1. The second kappa shape index (κ2) is 4.56. The molecule has 1 aromatic rings. The summed E-state index contributed by atoms with van der Waals surface area (Å²) < 4.78 is 42.0. The van der Waals surface area contributed by atoms with Crippen molar-refractivity contribution >= 4 is 17.8 Å². The fourth-order valence-electron chi connectivity index (χ4n) is 0.837. The van der Waals surface area contributed by atoms with Crippen LogP contribution < -0.4 is 9.44 Å². The number of nitrogens with one attached hydrogen (secondary N) is 2. The van der Waals surface area contributed by atoms with Gasteiger partial charge in [-0.1, -0.05) is 0 Å². The van der Waals surface area contributed by atoms with Crippen LogP contribution in [-0.2, 0) is 6.18 Å². The smallest absolute Gasteiger partial charge is 0.317 e. The molecule has 0 spiro atoms. The number of hydrogen-bond acceptors (Lipinski definition) is 3. The Bertz CT molecular complexity index is 284. The lowest BCUT2D eigenvalue weighted by Crippen LogP contribution is -2.04. The molecule has 1 rings (SSSR count). The topological polar surface area (TPSA) is 24.1 Å². The van der Waals surface area contributed by atoms with Crippen LogP contribution in [0.25, 0.3) is 0 Å². The minimum absolute atomic E-state index is 0.623. The van der Waals surface area contributed by atoms with Crippen LogP contribution >= 0.6 is 12.1 Å². The van der Waals surface area contributed by atoms with Crippen LogP contribution in [0.1, 0.15) is 5.56 Å². The Labute approximate surface area is 84.2 Å². The van der Waals surface area contributed by atoms with Gasteiger partial charge in [-0.2, -0.15) is 13.2 Å². The summed E-state index contributed by atoms with van der Waals surface area (Å²) in [6.45, 7) is 0. The van der Waals surface area contributed by atoms with Crippen molar-refractivity contribution in [2.24, 2.45) is 0 Å². The van der Waals surface area contributed by atoms with Crippen LogP contribution in [0.4, 0.5) is 18.9 Å². The number of anilines is 1. The Balaban J connectivity index is 2.69. The van der Waals surface area contributed by atoms with Gasteiger partial charge in [-0.15, -0.1) is 0 Å². The number of rotatable bonds is 3. The Morgan fingerprint density at radius 2 is 1.71 bits per heavy atom. The molecule has 0 aromatic heterocycles. The standard InChI is InChI=1S/C8H9F3N2S/c1-12-14-13-7-4-2-6(3-5-7)8(9,10)11/h2-5,12-13H,1H3. The van der Waals surface area contributed by atoms with Crippen LogP contribution in [0.5, 0.6) is 0 Å². The molecule has 0 atom stereocenters. The van der Waals surface area contributed by atoms with E-state index in [-0.39, 0.29) is 0 Å². The lowest BCUT2D eigenvalue weighted by molar-refractivity contribution is -0.137. The minimum Gasteiger partial charge on any atom is -0.317 e. The molecule has 78 valence electrons. The summed E-state index contributed by atoms with van der Waals surface area (Å²) in [7, 11) is 1.71. The Morgan fingerprint density at radius 3 is 2.14 bits per heavy atom. The van der Waals surface area contributed by atoms with E-state index >= 15 is 0 Å². The molecule has 0 radical (unpaired) electrons. The summed E-state index contributed by atoms with van der Waals surface area (Å²) in [5.74, 6) is 0. The number of hydrogen-bond donors (Lipinski definition) is 2. The molecule has 2 N–H and O–H groups in total. The zero-order valence-corrected chi connectivity index (χ0v) is 8.17. The van der Waals surface area contributed by atoms with Crippen molar-refractivity contribution in [2.45, 2.75) is 6.18 Å². The molecule has 1 aromatic carbocycles. The molecular formula is C8H9F3N2S. The van der Waals surface area contributed by atoms with E-state index in [1.807, 2.05) is 0 Å². The van der Waals surface area contributed by atoms with Crippen LogP contribution in [0.3, 0.4) is 0 Å². The molecular weight excluding hydrogens is 213 g/mol. The molecule has 0 aliphatic rings. The van der Waals surface area contributed by atoms with Gasteiger partial charge >= 0.3 is 6.18 Å². The SMILES string of the molecule is CNSNc1ccc(C(F)(F)F)cc1. The maximum absolute atomic E-state index is 12.1. The first-order valence-electron chi connectivity index (χ1n) is 3.80. The number of alkyl halides is 3. The van der Waals surface area contributed by atoms with E-state index in [0.717, 1.165) is 12.1 Å². The van der Waals surface area contributed by atoms with Crippen molar-refractivity contribution in [1.82, 2.24) is 4.72 Å². The second-order valence-corrected chi connectivity index (χ2v) is 3.30. The first kappa shape index (κ1) is 11.2. The Morgan fingerprint density at radius 1 is 1.14 bits per heavy atom. The molecule has 0 saturated carbocycles. The lowest BCUT2D eigenvalue weighted by atomic mass is 10.2. The van der Waals surface area contributed by atoms with E-state index in [0.29, 0.717) is 5.69 Å². The maximum Gasteiger partial charge on any atom is 0.416 e. The fourth-order valence-corrected chi connectivity index (χ4v) is 1.19. The van der Waals surface area contributed by atoms with Gasteiger partial charge in [0.25, 0.3) is 0 Å². The number of halogens is 3. The molecule has 14 heavy (non-hydrogen) atoms. The van der Waals surface area contributed by atoms with Crippen molar-refractivity contribution in [3.05, 3.63) is 29.8 Å². The van der Waals surface area contributed by atoms with Crippen molar-refractivity contribution in [3.63, 3.8) is 0 Å². The fraction of sp³-hybridized carbons (Fsp3) is 0.250. The Hall–Kier alpha value is -0.880. The molecule has 0 amide bonds. The van der Waals surface area contributed by atoms with E-state index in [1.165, 1.54) is 24.3 Å². The summed E-state index contributed by atoms with van der Waals surface area (Å²) in [4.78, 5) is 0. The molecule has 0 saturated heterocycles. The predicted molar refractivity (Wildman–Crippen MR) is 51.7 cm³/mol. The van der Waals surface area contributed by atoms with Gasteiger partial charge in [-0.25, -0.2) is 4.72 Å². The summed E-state index contributed by atoms with van der Waals surface area (Å²) >= 11 is 1.19. The van der Waals surface area contributed by atoms with Gasteiger partial charge in [0.2, 0.25) is 0 Å². The third kappa shape index (κ3) is 3.12. The van der Waals surface area contributed by atoms with Crippen molar-refractivity contribution in [2.75, 3.05) is 11.8 Å².